The number of aromatic nitrogens is 3. The van der Waals surface area contributed by atoms with Crippen LogP contribution in [-0.2, 0) is 6.42 Å². The molecule has 1 aliphatic heterocycles. The summed E-state index contributed by atoms with van der Waals surface area (Å²) in [5.74, 6) is 3.32. The van der Waals surface area contributed by atoms with E-state index in [9.17, 15) is 0 Å². The topological polar surface area (TPSA) is 53.9 Å². The molecule has 0 saturated carbocycles. The van der Waals surface area contributed by atoms with Gasteiger partial charge in [-0.1, -0.05) is 12.1 Å². The summed E-state index contributed by atoms with van der Waals surface area (Å²) in [4.78, 5) is 15.5. The van der Waals surface area contributed by atoms with Gasteiger partial charge in [0.25, 0.3) is 0 Å². The Bertz CT molecular complexity index is 831. The van der Waals surface area contributed by atoms with Crippen molar-refractivity contribution in [3.8, 4) is 0 Å². The van der Waals surface area contributed by atoms with Gasteiger partial charge in [0.2, 0.25) is 0 Å². The van der Waals surface area contributed by atoms with Gasteiger partial charge in [0.05, 0.1) is 0 Å². The number of hydrogen-bond acceptors (Lipinski definition) is 6. The first-order chi connectivity index (χ1) is 12.4. The third kappa shape index (κ3) is 4.27. The Kier molecular flexibility index (Phi) is 5.09. The molecule has 4 rings (SSSR count). The molecule has 0 atom stereocenters. The lowest BCUT2D eigenvalue weighted by atomic mass is 10.1. The number of benzene rings is 1. The van der Waals surface area contributed by atoms with Crippen molar-refractivity contribution in [3.63, 3.8) is 0 Å². The second-order valence-corrected chi connectivity index (χ2v) is 7.35. The maximum Gasteiger partial charge on any atom is 0.180 e. The van der Waals surface area contributed by atoms with E-state index in [1.807, 2.05) is 12.1 Å². The minimum Gasteiger partial charge on any atom is -0.340 e. The number of hydrogen-bond donors (Lipinski definition) is 1. The van der Waals surface area contributed by atoms with Crippen molar-refractivity contribution in [3.05, 3.63) is 54.4 Å². The van der Waals surface area contributed by atoms with Crippen molar-refractivity contribution in [2.45, 2.75) is 6.42 Å². The van der Waals surface area contributed by atoms with Crippen molar-refractivity contribution in [1.29, 1.82) is 0 Å². The average Bonchev–Trinajstić information content (AvgIpc) is 2.68. The summed E-state index contributed by atoms with van der Waals surface area (Å²) in [5.41, 5.74) is 3.87. The second-order valence-electron chi connectivity index (χ2n) is 6.12. The van der Waals surface area contributed by atoms with Gasteiger partial charge in [-0.2, -0.15) is 11.8 Å². The Morgan fingerprint density at radius 3 is 2.60 bits per heavy atom. The molecule has 128 valence electrons. The minimum absolute atomic E-state index is 0.656. The van der Waals surface area contributed by atoms with E-state index < -0.39 is 0 Å². The monoisotopic (exact) mass is 351 g/mol. The van der Waals surface area contributed by atoms with Crippen LogP contribution < -0.4 is 5.32 Å². The van der Waals surface area contributed by atoms with Crippen molar-refractivity contribution in [1.82, 2.24) is 19.9 Å². The van der Waals surface area contributed by atoms with Crippen LogP contribution >= 0.6 is 11.8 Å². The van der Waals surface area contributed by atoms with Crippen LogP contribution in [0.2, 0.25) is 0 Å². The van der Waals surface area contributed by atoms with Crippen LogP contribution in [0.4, 0.5) is 11.5 Å². The lowest BCUT2D eigenvalue weighted by molar-refractivity contribution is 0.306. The van der Waals surface area contributed by atoms with E-state index in [-0.39, 0.29) is 0 Å². The molecule has 0 spiro atoms. The molecule has 1 saturated heterocycles. The number of anilines is 2. The van der Waals surface area contributed by atoms with Crippen LogP contribution in [0.25, 0.3) is 11.2 Å². The zero-order chi connectivity index (χ0) is 16.9. The molecule has 1 aromatic carbocycles. The molecule has 25 heavy (non-hydrogen) atoms. The predicted octanol–water partition coefficient (Wildman–Crippen LogP) is 3.36. The highest BCUT2D eigenvalue weighted by Crippen LogP contribution is 2.18. The number of fused-ring (bicyclic) bond motifs is 1. The van der Waals surface area contributed by atoms with Crippen molar-refractivity contribution >= 4 is 34.4 Å². The molecule has 0 bridgehead atoms. The Hall–Kier alpha value is -2.18. The zero-order valence-corrected chi connectivity index (χ0v) is 14.9. The van der Waals surface area contributed by atoms with Gasteiger partial charge < -0.3 is 10.2 Å². The SMILES string of the molecule is c1cnc2nc(Nc3ccc(CCN4CCSCC4)cc3)ccc2n1. The molecule has 6 heteroatoms. The van der Waals surface area contributed by atoms with Gasteiger partial charge in [-0.25, -0.2) is 9.97 Å². The van der Waals surface area contributed by atoms with E-state index in [4.69, 9.17) is 0 Å². The van der Waals surface area contributed by atoms with Crippen LogP contribution in [0.1, 0.15) is 5.56 Å². The highest BCUT2D eigenvalue weighted by Gasteiger charge is 2.09. The van der Waals surface area contributed by atoms with E-state index in [1.165, 1.54) is 30.2 Å². The fraction of sp³-hybridized carbons (Fsp3) is 0.316. The standard InChI is InChI=1S/C19H21N5S/c1-3-16(4-2-15(1)7-10-24-11-13-25-14-12-24)22-18-6-5-17-19(23-18)21-9-8-20-17/h1-6,8-9H,7,10-14H2,(H,21,22,23). The van der Waals surface area contributed by atoms with Gasteiger partial charge in [-0.05, 0) is 36.2 Å². The quantitative estimate of drug-likeness (QED) is 0.761. The molecular formula is C19H21N5S. The maximum absolute atomic E-state index is 4.50. The highest BCUT2D eigenvalue weighted by atomic mass is 32.2. The number of nitrogens with zero attached hydrogens (tertiary/aromatic N) is 4. The van der Waals surface area contributed by atoms with Gasteiger partial charge in [0.1, 0.15) is 11.3 Å². The second kappa shape index (κ2) is 7.80. The summed E-state index contributed by atoms with van der Waals surface area (Å²) in [6.07, 6.45) is 4.45. The van der Waals surface area contributed by atoms with Gasteiger partial charge in [0, 0.05) is 49.2 Å². The van der Waals surface area contributed by atoms with E-state index in [2.05, 4.69) is 61.2 Å². The van der Waals surface area contributed by atoms with Crippen LogP contribution in [-0.4, -0.2) is 51.0 Å². The lowest BCUT2D eigenvalue weighted by Crippen LogP contribution is -2.34. The minimum atomic E-state index is 0.656. The van der Waals surface area contributed by atoms with E-state index >= 15 is 0 Å². The molecule has 1 N–H and O–H groups in total. The Morgan fingerprint density at radius 2 is 1.76 bits per heavy atom. The number of thioether (sulfide) groups is 1. The molecule has 1 aliphatic rings. The molecule has 3 heterocycles. The summed E-state index contributed by atoms with van der Waals surface area (Å²) in [5, 5.41) is 3.34. The van der Waals surface area contributed by atoms with E-state index in [0.29, 0.717) is 5.65 Å². The number of nitrogens with one attached hydrogen (secondary N) is 1. The first-order valence-electron chi connectivity index (χ1n) is 8.61. The normalized spacial score (nSPS) is 15.4. The number of pyridine rings is 1. The molecule has 2 aromatic heterocycles. The molecule has 5 nitrogen and oxygen atoms in total. The molecule has 0 amide bonds. The highest BCUT2D eigenvalue weighted by molar-refractivity contribution is 7.99. The molecule has 0 aliphatic carbocycles. The predicted molar refractivity (Wildman–Crippen MR) is 105 cm³/mol. The third-order valence-electron chi connectivity index (χ3n) is 4.38. The Balaban J connectivity index is 1.37. The summed E-state index contributed by atoms with van der Waals surface area (Å²) < 4.78 is 0. The summed E-state index contributed by atoms with van der Waals surface area (Å²) >= 11 is 2.06. The molecule has 1 fully saturated rings. The smallest absolute Gasteiger partial charge is 0.180 e. The summed E-state index contributed by atoms with van der Waals surface area (Å²) in [6, 6.07) is 12.5. The Morgan fingerprint density at radius 1 is 0.960 bits per heavy atom. The fourth-order valence-electron chi connectivity index (χ4n) is 2.94. The van der Waals surface area contributed by atoms with Crippen LogP contribution in [0, 0.1) is 0 Å². The van der Waals surface area contributed by atoms with Gasteiger partial charge in [-0.3, -0.25) is 4.98 Å². The van der Waals surface area contributed by atoms with Gasteiger partial charge in [0.15, 0.2) is 5.65 Å². The summed E-state index contributed by atoms with van der Waals surface area (Å²) in [6.45, 7) is 3.60. The lowest BCUT2D eigenvalue weighted by Gasteiger charge is -2.26. The van der Waals surface area contributed by atoms with E-state index in [0.717, 1.165) is 30.0 Å². The number of rotatable bonds is 5. The summed E-state index contributed by atoms with van der Waals surface area (Å²) in [7, 11) is 0. The van der Waals surface area contributed by atoms with Crippen LogP contribution in [0.5, 0.6) is 0 Å². The average molecular weight is 351 g/mol. The van der Waals surface area contributed by atoms with Gasteiger partial charge in [-0.15, -0.1) is 0 Å². The van der Waals surface area contributed by atoms with Gasteiger partial charge >= 0.3 is 0 Å². The third-order valence-corrected chi connectivity index (χ3v) is 5.32. The van der Waals surface area contributed by atoms with Crippen LogP contribution in [0.3, 0.4) is 0 Å². The Labute approximate surface area is 151 Å². The maximum atomic E-state index is 4.50. The zero-order valence-electron chi connectivity index (χ0n) is 14.1. The largest absolute Gasteiger partial charge is 0.340 e. The van der Waals surface area contributed by atoms with Crippen molar-refractivity contribution < 1.29 is 0 Å². The molecule has 0 radical (unpaired) electrons. The first-order valence-corrected chi connectivity index (χ1v) is 9.76. The van der Waals surface area contributed by atoms with Crippen LogP contribution in [0.15, 0.2) is 48.8 Å². The fourth-order valence-corrected chi connectivity index (χ4v) is 3.92. The van der Waals surface area contributed by atoms with E-state index in [1.54, 1.807) is 12.4 Å². The molecular weight excluding hydrogens is 330 g/mol. The van der Waals surface area contributed by atoms with Crippen molar-refractivity contribution in [2.75, 3.05) is 36.5 Å². The molecule has 3 aromatic rings. The first kappa shape index (κ1) is 16.3. The van der Waals surface area contributed by atoms with Crippen molar-refractivity contribution in [2.24, 2.45) is 0 Å². The molecule has 0 unspecified atom stereocenters.